The van der Waals surface area contributed by atoms with E-state index in [1.807, 2.05) is 18.2 Å². The first-order valence-electron chi connectivity index (χ1n) is 4.40. The Hall–Kier alpha value is -1.56. The van der Waals surface area contributed by atoms with Crippen LogP contribution in [0.2, 0.25) is 0 Å². The van der Waals surface area contributed by atoms with E-state index in [0.717, 1.165) is 0 Å². The van der Waals surface area contributed by atoms with Gasteiger partial charge in [0.15, 0.2) is 0 Å². The van der Waals surface area contributed by atoms with Gasteiger partial charge in [-0.05, 0) is 29.7 Å². The van der Waals surface area contributed by atoms with E-state index >= 15 is 0 Å². The summed E-state index contributed by atoms with van der Waals surface area (Å²) in [4.78, 5) is 0. The molecule has 2 rings (SSSR count). The first kappa shape index (κ1) is 8.06. The minimum absolute atomic E-state index is 1.17. The Balaban J connectivity index is 2.54. The predicted molar refractivity (Wildman–Crippen MR) is 55.5 cm³/mol. The number of hydrogen-bond acceptors (Lipinski definition) is 0. The lowest BCUT2D eigenvalue weighted by Gasteiger charge is -2.03. The van der Waals surface area contributed by atoms with Crippen LogP contribution in [-0.2, 0) is 0 Å². The van der Waals surface area contributed by atoms with Crippen molar-refractivity contribution in [3.05, 3.63) is 60.2 Å². The highest BCUT2D eigenvalue weighted by molar-refractivity contribution is 5.66. The smallest absolute Gasteiger partial charge is 0.00991 e. The average molecular weight is 167 g/mol. The molecule has 0 aromatic heterocycles. The normalized spacial score (nSPS) is 9.92. The van der Waals surface area contributed by atoms with Gasteiger partial charge in [0.1, 0.15) is 0 Å². The molecule has 0 saturated carbocycles. The molecular formula is C13H11. The molecule has 2 aromatic carbocycles. The first-order chi connectivity index (χ1) is 6.38. The minimum Gasteiger partial charge on any atom is -0.0620 e. The molecule has 0 atom stereocenters. The second-order valence-corrected chi connectivity index (χ2v) is 3.09. The van der Waals surface area contributed by atoms with Crippen molar-refractivity contribution in [1.29, 1.82) is 0 Å². The zero-order chi connectivity index (χ0) is 9.10. The zero-order valence-corrected chi connectivity index (χ0v) is 7.62. The summed E-state index contributed by atoms with van der Waals surface area (Å²) in [7, 11) is 0. The molecule has 0 aliphatic heterocycles. The second-order valence-electron chi connectivity index (χ2n) is 3.09. The van der Waals surface area contributed by atoms with E-state index in [2.05, 4.69) is 43.3 Å². The summed E-state index contributed by atoms with van der Waals surface area (Å²) in [5.74, 6) is 0. The molecule has 0 spiro atoms. The van der Waals surface area contributed by atoms with Crippen molar-refractivity contribution in [2.75, 3.05) is 0 Å². The summed E-state index contributed by atoms with van der Waals surface area (Å²) >= 11 is 0. The van der Waals surface area contributed by atoms with Crippen molar-refractivity contribution in [1.82, 2.24) is 0 Å². The summed E-state index contributed by atoms with van der Waals surface area (Å²) in [6.45, 7) is 2.12. The van der Waals surface area contributed by atoms with Gasteiger partial charge >= 0.3 is 0 Å². The standard InChI is InChI=1S/C13H11/c1-11-7-5-6-10-13(11)12-8-3-2-4-9-12/h2-8,10H,1H3. The zero-order valence-electron chi connectivity index (χ0n) is 7.62. The maximum atomic E-state index is 3.23. The SMILES string of the molecule is Cc1ccccc1-c1[c]cccc1. The molecular weight excluding hydrogens is 156 g/mol. The molecule has 0 heterocycles. The molecule has 0 unspecified atom stereocenters. The summed E-state index contributed by atoms with van der Waals surface area (Å²) in [6.07, 6.45) is 0. The van der Waals surface area contributed by atoms with Gasteiger partial charge in [-0.25, -0.2) is 0 Å². The van der Waals surface area contributed by atoms with E-state index in [4.69, 9.17) is 0 Å². The highest BCUT2D eigenvalue weighted by Gasteiger charge is 1.98. The molecule has 0 amide bonds. The van der Waals surface area contributed by atoms with Crippen LogP contribution in [0.4, 0.5) is 0 Å². The fourth-order valence-electron chi connectivity index (χ4n) is 1.44. The maximum Gasteiger partial charge on any atom is -0.00991 e. The van der Waals surface area contributed by atoms with Crippen molar-refractivity contribution >= 4 is 0 Å². The van der Waals surface area contributed by atoms with Gasteiger partial charge in [-0.15, -0.1) is 0 Å². The van der Waals surface area contributed by atoms with Gasteiger partial charge < -0.3 is 0 Å². The fraction of sp³-hybridized carbons (Fsp3) is 0.0769. The summed E-state index contributed by atoms with van der Waals surface area (Å²) < 4.78 is 0. The van der Waals surface area contributed by atoms with Crippen LogP contribution in [-0.4, -0.2) is 0 Å². The summed E-state index contributed by atoms with van der Waals surface area (Å²) in [5, 5.41) is 0. The molecule has 0 nitrogen and oxygen atoms in total. The van der Waals surface area contributed by atoms with E-state index in [1.54, 1.807) is 0 Å². The largest absolute Gasteiger partial charge is 0.0620 e. The third-order valence-electron chi connectivity index (χ3n) is 2.14. The van der Waals surface area contributed by atoms with Crippen LogP contribution in [0.15, 0.2) is 48.5 Å². The quantitative estimate of drug-likeness (QED) is 0.610. The van der Waals surface area contributed by atoms with Crippen molar-refractivity contribution in [2.24, 2.45) is 0 Å². The Morgan fingerprint density at radius 2 is 1.69 bits per heavy atom. The van der Waals surface area contributed by atoms with Gasteiger partial charge in [-0.1, -0.05) is 48.5 Å². The van der Waals surface area contributed by atoms with Crippen LogP contribution in [0.5, 0.6) is 0 Å². The highest BCUT2D eigenvalue weighted by atomic mass is 14.0. The fourth-order valence-corrected chi connectivity index (χ4v) is 1.44. The maximum absolute atomic E-state index is 3.23. The van der Waals surface area contributed by atoms with Crippen LogP contribution in [0.3, 0.4) is 0 Å². The van der Waals surface area contributed by atoms with Crippen molar-refractivity contribution in [3.8, 4) is 11.1 Å². The molecule has 13 heavy (non-hydrogen) atoms. The lowest BCUT2D eigenvalue weighted by Crippen LogP contribution is -1.81. The molecule has 1 radical (unpaired) electrons. The molecule has 63 valence electrons. The van der Waals surface area contributed by atoms with E-state index in [1.165, 1.54) is 16.7 Å². The predicted octanol–water partition coefficient (Wildman–Crippen LogP) is 3.46. The molecule has 0 aliphatic rings. The van der Waals surface area contributed by atoms with Crippen LogP contribution in [0, 0.1) is 13.0 Å². The highest BCUT2D eigenvalue weighted by Crippen LogP contribution is 2.21. The number of hydrogen-bond donors (Lipinski definition) is 0. The van der Waals surface area contributed by atoms with Gasteiger partial charge in [0.25, 0.3) is 0 Å². The second kappa shape index (κ2) is 3.44. The van der Waals surface area contributed by atoms with Crippen molar-refractivity contribution < 1.29 is 0 Å². The van der Waals surface area contributed by atoms with Crippen molar-refractivity contribution in [2.45, 2.75) is 6.92 Å². The average Bonchev–Trinajstić information content (AvgIpc) is 2.20. The lowest BCUT2D eigenvalue weighted by molar-refractivity contribution is 1.46. The van der Waals surface area contributed by atoms with Gasteiger partial charge in [0.05, 0.1) is 0 Å². The minimum atomic E-state index is 1.17. The van der Waals surface area contributed by atoms with E-state index in [-0.39, 0.29) is 0 Å². The Bertz CT molecular complexity index is 388. The van der Waals surface area contributed by atoms with E-state index in [9.17, 15) is 0 Å². The molecule has 0 aliphatic carbocycles. The van der Waals surface area contributed by atoms with Gasteiger partial charge in [0.2, 0.25) is 0 Å². The Morgan fingerprint density at radius 3 is 2.38 bits per heavy atom. The van der Waals surface area contributed by atoms with Gasteiger partial charge in [-0.3, -0.25) is 0 Å². The molecule has 0 saturated heterocycles. The first-order valence-corrected chi connectivity index (χ1v) is 4.40. The monoisotopic (exact) mass is 167 g/mol. The Morgan fingerprint density at radius 1 is 0.923 bits per heavy atom. The summed E-state index contributed by atoms with van der Waals surface area (Å²) in [6, 6.07) is 19.6. The number of benzene rings is 2. The van der Waals surface area contributed by atoms with Gasteiger partial charge in [-0.2, -0.15) is 0 Å². The van der Waals surface area contributed by atoms with E-state index in [0.29, 0.717) is 0 Å². The third-order valence-corrected chi connectivity index (χ3v) is 2.14. The number of rotatable bonds is 1. The van der Waals surface area contributed by atoms with Gasteiger partial charge in [0, 0.05) is 0 Å². The molecule has 2 aromatic rings. The topological polar surface area (TPSA) is 0 Å². The van der Waals surface area contributed by atoms with Crippen molar-refractivity contribution in [3.63, 3.8) is 0 Å². The molecule has 0 N–H and O–H groups in total. The van der Waals surface area contributed by atoms with E-state index < -0.39 is 0 Å². The van der Waals surface area contributed by atoms with Crippen LogP contribution >= 0.6 is 0 Å². The molecule has 0 heteroatoms. The molecule has 0 fully saturated rings. The third kappa shape index (κ3) is 1.62. The van der Waals surface area contributed by atoms with Crippen LogP contribution in [0.1, 0.15) is 5.56 Å². The Labute approximate surface area is 78.9 Å². The number of aryl methyl sites for hydroxylation is 1. The summed E-state index contributed by atoms with van der Waals surface area (Å²) in [5.41, 5.74) is 3.73. The lowest BCUT2D eigenvalue weighted by atomic mass is 10.0. The molecule has 0 bridgehead atoms. The van der Waals surface area contributed by atoms with Crippen LogP contribution in [0.25, 0.3) is 11.1 Å². The van der Waals surface area contributed by atoms with Crippen LogP contribution < -0.4 is 0 Å². The Kier molecular flexibility index (Phi) is 2.13.